The molecule has 14 heavy (non-hydrogen) atoms. The van der Waals surface area contributed by atoms with E-state index in [1.807, 2.05) is 0 Å². The zero-order valence-corrected chi connectivity index (χ0v) is 7.77. The van der Waals surface area contributed by atoms with Gasteiger partial charge in [-0.15, -0.1) is 0 Å². The van der Waals surface area contributed by atoms with Gasteiger partial charge in [-0.2, -0.15) is 0 Å². The first-order valence-corrected chi connectivity index (χ1v) is 4.32. The summed E-state index contributed by atoms with van der Waals surface area (Å²) in [6.45, 7) is 1.08. The van der Waals surface area contributed by atoms with E-state index in [1.54, 1.807) is 24.5 Å². The molecule has 0 aliphatic rings. The predicted octanol–water partition coefficient (Wildman–Crippen LogP) is 0.266. The van der Waals surface area contributed by atoms with Crippen molar-refractivity contribution in [3.63, 3.8) is 0 Å². The molecule has 0 aliphatic carbocycles. The van der Waals surface area contributed by atoms with Gasteiger partial charge in [0.15, 0.2) is 0 Å². The van der Waals surface area contributed by atoms with Gasteiger partial charge in [-0.05, 0) is 17.7 Å². The molecule has 1 amide bonds. The van der Waals surface area contributed by atoms with E-state index in [-0.39, 0.29) is 6.61 Å². The van der Waals surface area contributed by atoms with Gasteiger partial charge in [0.1, 0.15) is 6.61 Å². The second-order valence-corrected chi connectivity index (χ2v) is 2.65. The molecular weight excluding hydrogens is 182 g/mol. The van der Waals surface area contributed by atoms with Crippen LogP contribution in [-0.2, 0) is 11.3 Å². The molecule has 1 aromatic rings. The number of hydrogen-bond donors (Lipinski definition) is 2. The lowest BCUT2D eigenvalue weighted by atomic mass is 10.3. The summed E-state index contributed by atoms with van der Waals surface area (Å²) in [6, 6.07) is 3.58. The van der Waals surface area contributed by atoms with Crippen molar-refractivity contribution in [1.29, 1.82) is 0 Å². The summed E-state index contributed by atoms with van der Waals surface area (Å²) in [5, 5.41) is 2.50. The normalized spacial score (nSPS) is 9.50. The van der Waals surface area contributed by atoms with Gasteiger partial charge in [-0.3, -0.25) is 4.98 Å². The lowest BCUT2D eigenvalue weighted by molar-refractivity contribution is 0.140. The van der Waals surface area contributed by atoms with Gasteiger partial charge < -0.3 is 15.8 Å². The molecule has 1 rings (SSSR count). The van der Waals surface area contributed by atoms with Gasteiger partial charge in [-0.1, -0.05) is 0 Å². The molecule has 0 saturated heterocycles. The molecule has 5 heteroatoms. The lowest BCUT2D eigenvalue weighted by Gasteiger charge is -2.05. The Bertz CT molecular complexity index is 277. The SMILES string of the molecule is NCCNC(=O)OCc1ccncc1. The number of aromatic nitrogens is 1. The van der Waals surface area contributed by atoms with Crippen molar-refractivity contribution >= 4 is 6.09 Å². The topological polar surface area (TPSA) is 77.2 Å². The van der Waals surface area contributed by atoms with Crippen LogP contribution in [0, 0.1) is 0 Å². The second-order valence-electron chi connectivity index (χ2n) is 2.65. The molecule has 1 aromatic heterocycles. The maximum atomic E-state index is 11.0. The Hall–Kier alpha value is -1.62. The van der Waals surface area contributed by atoms with Crippen LogP contribution < -0.4 is 11.1 Å². The van der Waals surface area contributed by atoms with E-state index in [9.17, 15) is 4.79 Å². The van der Waals surface area contributed by atoms with E-state index in [2.05, 4.69) is 10.3 Å². The summed E-state index contributed by atoms with van der Waals surface area (Å²) in [5.41, 5.74) is 6.11. The average molecular weight is 195 g/mol. The van der Waals surface area contributed by atoms with Gasteiger partial charge in [-0.25, -0.2) is 4.79 Å². The Morgan fingerprint density at radius 2 is 2.21 bits per heavy atom. The van der Waals surface area contributed by atoms with Gasteiger partial charge in [0.2, 0.25) is 0 Å². The summed E-state index contributed by atoms with van der Waals surface area (Å²) >= 11 is 0. The molecule has 0 radical (unpaired) electrons. The van der Waals surface area contributed by atoms with Gasteiger partial charge >= 0.3 is 6.09 Å². The van der Waals surface area contributed by atoms with Crippen LogP contribution in [0.2, 0.25) is 0 Å². The van der Waals surface area contributed by atoms with Gasteiger partial charge in [0, 0.05) is 25.5 Å². The lowest BCUT2D eigenvalue weighted by Crippen LogP contribution is -2.29. The van der Waals surface area contributed by atoms with Crippen molar-refractivity contribution < 1.29 is 9.53 Å². The summed E-state index contributed by atoms with van der Waals surface area (Å²) in [4.78, 5) is 14.8. The quantitative estimate of drug-likeness (QED) is 0.722. The number of rotatable bonds is 4. The van der Waals surface area contributed by atoms with Crippen LogP contribution in [0.25, 0.3) is 0 Å². The van der Waals surface area contributed by atoms with Crippen molar-refractivity contribution in [2.24, 2.45) is 5.73 Å². The van der Waals surface area contributed by atoms with Crippen LogP contribution in [0.15, 0.2) is 24.5 Å². The number of amides is 1. The van der Waals surface area contributed by atoms with Crippen molar-refractivity contribution in [2.75, 3.05) is 13.1 Å². The molecule has 1 heterocycles. The predicted molar refractivity (Wildman–Crippen MR) is 51.5 cm³/mol. The minimum Gasteiger partial charge on any atom is -0.445 e. The number of ether oxygens (including phenoxy) is 1. The fourth-order valence-corrected chi connectivity index (χ4v) is 0.853. The summed E-state index contributed by atoms with van der Waals surface area (Å²) in [7, 11) is 0. The smallest absolute Gasteiger partial charge is 0.407 e. The van der Waals surface area contributed by atoms with Crippen LogP contribution >= 0.6 is 0 Å². The molecule has 76 valence electrons. The summed E-state index contributed by atoms with van der Waals surface area (Å²) in [5.74, 6) is 0. The van der Waals surface area contributed by atoms with Gasteiger partial charge in [0.05, 0.1) is 0 Å². The van der Waals surface area contributed by atoms with E-state index in [4.69, 9.17) is 10.5 Å². The molecule has 0 fully saturated rings. The molecule has 0 bridgehead atoms. The third-order valence-corrected chi connectivity index (χ3v) is 1.53. The standard InChI is InChI=1S/C9H13N3O2/c10-3-6-12-9(13)14-7-8-1-4-11-5-2-8/h1-2,4-5H,3,6-7,10H2,(H,12,13). The van der Waals surface area contributed by atoms with Crippen molar-refractivity contribution in [2.45, 2.75) is 6.61 Å². The monoisotopic (exact) mass is 195 g/mol. The van der Waals surface area contributed by atoms with E-state index in [0.29, 0.717) is 13.1 Å². The molecule has 0 atom stereocenters. The second kappa shape index (κ2) is 5.93. The zero-order valence-electron chi connectivity index (χ0n) is 7.77. The number of carbonyl (C=O) groups excluding carboxylic acids is 1. The van der Waals surface area contributed by atoms with Crippen LogP contribution in [0.3, 0.4) is 0 Å². The van der Waals surface area contributed by atoms with Crippen LogP contribution in [0.1, 0.15) is 5.56 Å². The van der Waals surface area contributed by atoms with Crippen molar-refractivity contribution in [3.05, 3.63) is 30.1 Å². The molecule has 3 N–H and O–H groups in total. The zero-order chi connectivity index (χ0) is 10.2. The van der Waals surface area contributed by atoms with Crippen LogP contribution in [0.4, 0.5) is 4.79 Å². The summed E-state index contributed by atoms with van der Waals surface area (Å²) < 4.78 is 4.90. The first-order valence-electron chi connectivity index (χ1n) is 4.32. The van der Waals surface area contributed by atoms with E-state index in [1.165, 1.54) is 0 Å². The Balaban J connectivity index is 2.24. The highest BCUT2D eigenvalue weighted by atomic mass is 16.5. The number of alkyl carbamates (subject to hydrolysis) is 1. The van der Waals surface area contributed by atoms with Crippen LogP contribution in [0.5, 0.6) is 0 Å². The number of nitrogens with two attached hydrogens (primary N) is 1. The first kappa shape index (κ1) is 10.5. The molecule has 0 unspecified atom stereocenters. The number of carbonyl (C=O) groups is 1. The summed E-state index contributed by atoms with van der Waals surface area (Å²) in [6.07, 6.45) is 2.85. The number of nitrogens with one attached hydrogen (secondary N) is 1. The molecule has 0 aromatic carbocycles. The molecule has 0 saturated carbocycles. The molecule has 0 aliphatic heterocycles. The first-order chi connectivity index (χ1) is 6.83. The maximum Gasteiger partial charge on any atom is 0.407 e. The Morgan fingerprint density at radius 1 is 1.50 bits per heavy atom. The van der Waals surface area contributed by atoms with Gasteiger partial charge in [0.25, 0.3) is 0 Å². The molecule has 5 nitrogen and oxygen atoms in total. The van der Waals surface area contributed by atoms with Crippen molar-refractivity contribution in [3.8, 4) is 0 Å². The van der Waals surface area contributed by atoms with E-state index >= 15 is 0 Å². The molecular formula is C9H13N3O2. The Morgan fingerprint density at radius 3 is 2.86 bits per heavy atom. The fourth-order valence-electron chi connectivity index (χ4n) is 0.853. The van der Waals surface area contributed by atoms with E-state index < -0.39 is 6.09 Å². The maximum absolute atomic E-state index is 11.0. The minimum atomic E-state index is -0.452. The number of nitrogens with zero attached hydrogens (tertiary/aromatic N) is 1. The van der Waals surface area contributed by atoms with Crippen LogP contribution in [-0.4, -0.2) is 24.2 Å². The van der Waals surface area contributed by atoms with Crippen molar-refractivity contribution in [1.82, 2.24) is 10.3 Å². The number of hydrogen-bond acceptors (Lipinski definition) is 4. The highest BCUT2D eigenvalue weighted by Crippen LogP contribution is 1.98. The largest absolute Gasteiger partial charge is 0.445 e. The Kier molecular flexibility index (Phi) is 4.43. The minimum absolute atomic E-state index is 0.249. The average Bonchev–Trinajstić information content (AvgIpc) is 2.25. The molecule has 0 spiro atoms. The Labute approximate surface area is 82.3 Å². The fraction of sp³-hybridized carbons (Fsp3) is 0.333. The third-order valence-electron chi connectivity index (χ3n) is 1.53. The third kappa shape index (κ3) is 3.86. The highest BCUT2D eigenvalue weighted by Gasteiger charge is 2.00. The number of pyridine rings is 1. The van der Waals surface area contributed by atoms with E-state index in [0.717, 1.165) is 5.56 Å². The highest BCUT2D eigenvalue weighted by molar-refractivity contribution is 5.67.